The average Bonchev–Trinajstić information content (AvgIpc) is 2.99. The summed E-state index contributed by atoms with van der Waals surface area (Å²) >= 11 is 0. The first-order valence-electron chi connectivity index (χ1n) is 9.16. The number of fused-ring (bicyclic) bond motifs is 1. The first kappa shape index (κ1) is 20.0. The predicted octanol–water partition coefficient (Wildman–Crippen LogP) is 3.09. The number of anilines is 1. The molecule has 150 valence electrons. The number of β-amino-alcohol motifs (C(OH)–C–C–N with tert-alkyl or cyclic N) is 1. The normalized spacial score (nSPS) is 18.1. The smallest absolute Gasteiger partial charge is 0.389 e. The number of hydrogen-bond donors (Lipinski definition) is 2. The number of nitrogens with zero attached hydrogens (tertiary/aromatic N) is 2. The van der Waals surface area contributed by atoms with E-state index >= 15 is 0 Å². The molecule has 8 heteroatoms. The van der Waals surface area contributed by atoms with E-state index in [-0.39, 0.29) is 6.04 Å². The van der Waals surface area contributed by atoms with Crippen LogP contribution in [0.4, 0.5) is 18.9 Å². The molecule has 2 heterocycles. The van der Waals surface area contributed by atoms with Crippen molar-refractivity contribution in [2.45, 2.75) is 37.7 Å². The van der Waals surface area contributed by atoms with Crippen molar-refractivity contribution >= 4 is 16.6 Å². The molecule has 0 radical (unpaired) electrons. The highest BCUT2D eigenvalue weighted by Gasteiger charge is 2.28. The summed E-state index contributed by atoms with van der Waals surface area (Å²) in [5.41, 5.74) is 1.45. The largest absolute Gasteiger partial charge is 0.406 e. The van der Waals surface area contributed by atoms with Crippen molar-refractivity contribution in [3.63, 3.8) is 0 Å². The number of aliphatic hydroxyl groups is 1. The van der Waals surface area contributed by atoms with E-state index in [1.54, 1.807) is 25.3 Å². The van der Waals surface area contributed by atoms with Gasteiger partial charge in [0.1, 0.15) is 6.54 Å². The van der Waals surface area contributed by atoms with Crippen LogP contribution >= 0.6 is 0 Å². The van der Waals surface area contributed by atoms with Gasteiger partial charge in [-0.15, -0.1) is 0 Å². The Morgan fingerprint density at radius 2 is 2.00 bits per heavy atom. The number of hydrogen-bond acceptors (Lipinski definition) is 4. The summed E-state index contributed by atoms with van der Waals surface area (Å²) in [6.07, 6.45) is -1.40. The Kier molecular flexibility index (Phi) is 6.29. The fourth-order valence-electron chi connectivity index (χ4n) is 3.70. The topological polar surface area (TPSA) is 49.7 Å². The van der Waals surface area contributed by atoms with Crippen LogP contribution in [0.1, 0.15) is 12.8 Å². The van der Waals surface area contributed by atoms with Gasteiger partial charge in [0.25, 0.3) is 0 Å². The number of ether oxygens (including phenoxy) is 1. The first-order valence-corrected chi connectivity index (χ1v) is 9.16. The quantitative estimate of drug-likeness (QED) is 0.769. The summed E-state index contributed by atoms with van der Waals surface area (Å²) in [5.74, 6) is 0. The van der Waals surface area contributed by atoms with Gasteiger partial charge in [0.2, 0.25) is 0 Å². The molecule has 1 atom stereocenters. The minimum atomic E-state index is -4.24. The average molecular weight is 385 g/mol. The molecular formula is C19H26F3N3O2. The van der Waals surface area contributed by atoms with Gasteiger partial charge in [-0.05, 0) is 31.0 Å². The summed E-state index contributed by atoms with van der Waals surface area (Å²) in [7, 11) is 1.57. The molecule has 0 bridgehead atoms. The highest BCUT2D eigenvalue weighted by atomic mass is 19.4. The summed E-state index contributed by atoms with van der Waals surface area (Å²) in [5, 5.41) is 14.1. The van der Waals surface area contributed by atoms with Crippen LogP contribution in [0.5, 0.6) is 0 Å². The maximum Gasteiger partial charge on any atom is 0.406 e. The third kappa shape index (κ3) is 5.37. The fourth-order valence-corrected chi connectivity index (χ4v) is 3.70. The van der Waals surface area contributed by atoms with Crippen LogP contribution in [0.25, 0.3) is 10.9 Å². The number of halogens is 3. The summed E-state index contributed by atoms with van der Waals surface area (Å²) in [4.78, 5) is 2.21. The molecule has 1 unspecified atom stereocenters. The number of methoxy groups -OCH3 is 1. The van der Waals surface area contributed by atoms with Gasteiger partial charge in [0.15, 0.2) is 0 Å². The lowest BCUT2D eigenvalue weighted by atomic mass is 10.0. The Labute approximate surface area is 156 Å². The number of piperidine rings is 1. The molecule has 1 aliphatic rings. The molecule has 1 fully saturated rings. The van der Waals surface area contributed by atoms with Crippen LogP contribution in [0.2, 0.25) is 0 Å². The van der Waals surface area contributed by atoms with Crippen LogP contribution in [-0.2, 0) is 11.3 Å². The first-order chi connectivity index (χ1) is 12.9. The number of nitrogens with one attached hydrogen (secondary N) is 1. The van der Waals surface area contributed by atoms with Crippen LogP contribution in [0, 0.1) is 0 Å². The number of aromatic nitrogens is 1. The molecule has 1 aromatic heterocycles. The van der Waals surface area contributed by atoms with Crippen molar-refractivity contribution in [1.29, 1.82) is 0 Å². The second kappa shape index (κ2) is 8.50. The molecule has 2 aromatic rings. The second-order valence-corrected chi connectivity index (χ2v) is 7.13. The lowest BCUT2D eigenvalue weighted by molar-refractivity contribution is -0.139. The number of benzene rings is 1. The van der Waals surface area contributed by atoms with E-state index in [1.165, 1.54) is 10.8 Å². The molecular weight excluding hydrogens is 359 g/mol. The highest BCUT2D eigenvalue weighted by molar-refractivity contribution is 5.92. The van der Waals surface area contributed by atoms with E-state index in [2.05, 4.69) is 10.2 Å². The Hall–Kier alpha value is -1.77. The standard InChI is InChI=1S/C19H26F3N3O2/c1-27-12-15(26)11-24-8-5-14(6-9-24)23-17-3-2-4-18-16(17)7-10-25(18)13-19(20,21)22/h2-4,7,10,14-15,23,26H,5-6,8-9,11-13H2,1H3. The monoisotopic (exact) mass is 385 g/mol. The summed E-state index contributed by atoms with van der Waals surface area (Å²) in [6, 6.07) is 7.41. The number of aliphatic hydroxyl groups excluding tert-OH is 1. The van der Waals surface area contributed by atoms with Gasteiger partial charge in [-0.2, -0.15) is 13.2 Å². The lowest BCUT2D eigenvalue weighted by Crippen LogP contribution is -2.43. The molecule has 0 spiro atoms. The van der Waals surface area contributed by atoms with Gasteiger partial charge >= 0.3 is 6.18 Å². The summed E-state index contributed by atoms with van der Waals surface area (Å²) < 4.78 is 44.4. The third-order valence-electron chi connectivity index (χ3n) is 4.94. The zero-order valence-electron chi connectivity index (χ0n) is 15.4. The molecule has 1 aromatic carbocycles. The lowest BCUT2D eigenvalue weighted by Gasteiger charge is -2.34. The highest BCUT2D eigenvalue weighted by Crippen LogP contribution is 2.29. The van der Waals surface area contributed by atoms with Gasteiger partial charge < -0.3 is 24.6 Å². The molecule has 0 aliphatic carbocycles. The van der Waals surface area contributed by atoms with E-state index in [0.717, 1.165) is 37.0 Å². The zero-order chi connectivity index (χ0) is 19.4. The maximum atomic E-state index is 12.7. The van der Waals surface area contributed by atoms with Crippen molar-refractivity contribution in [2.24, 2.45) is 0 Å². The molecule has 1 aliphatic heterocycles. The third-order valence-corrected chi connectivity index (χ3v) is 4.94. The molecule has 2 N–H and O–H groups in total. The van der Waals surface area contributed by atoms with E-state index in [0.29, 0.717) is 18.7 Å². The van der Waals surface area contributed by atoms with Crippen molar-refractivity contribution < 1.29 is 23.0 Å². The van der Waals surface area contributed by atoms with Crippen LogP contribution in [0.15, 0.2) is 30.5 Å². The van der Waals surface area contributed by atoms with Crippen molar-refractivity contribution in [2.75, 3.05) is 38.7 Å². The zero-order valence-corrected chi connectivity index (χ0v) is 15.4. The number of likely N-dealkylation sites (tertiary alicyclic amines) is 1. The van der Waals surface area contributed by atoms with E-state index in [1.807, 2.05) is 6.07 Å². The van der Waals surface area contributed by atoms with Crippen molar-refractivity contribution in [1.82, 2.24) is 9.47 Å². The Bertz CT molecular complexity index is 739. The number of alkyl halides is 3. The minimum Gasteiger partial charge on any atom is -0.389 e. The maximum absolute atomic E-state index is 12.7. The molecule has 0 amide bonds. The number of rotatable bonds is 7. The van der Waals surface area contributed by atoms with Gasteiger partial charge in [0, 0.05) is 50.1 Å². The van der Waals surface area contributed by atoms with E-state index in [4.69, 9.17) is 4.74 Å². The van der Waals surface area contributed by atoms with E-state index < -0.39 is 18.8 Å². The van der Waals surface area contributed by atoms with Crippen LogP contribution < -0.4 is 5.32 Å². The van der Waals surface area contributed by atoms with Gasteiger partial charge in [-0.1, -0.05) is 6.07 Å². The van der Waals surface area contributed by atoms with Gasteiger partial charge in [0.05, 0.1) is 18.2 Å². The van der Waals surface area contributed by atoms with Crippen molar-refractivity contribution in [3.05, 3.63) is 30.5 Å². The van der Waals surface area contributed by atoms with Gasteiger partial charge in [-0.3, -0.25) is 0 Å². The van der Waals surface area contributed by atoms with Crippen LogP contribution in [-0.4, -0.2) is 66.2 Å². The molecule has 5 nitrogen and oxygen atoms in total. The Morgan fingerprint density at radius 1 is 1.26 bits per heavy atom. The summed E-state index contributed by atoms with van der Waals surface area (Å²) in [6.45, 7) is 1.67. The van der Waals surface area contributed by atoms with Crippen LogP contribution in [0.3, 0.4) is 0 Å². The van der Waals surface area contributed by atoms with E-state index in [9.17, 15) is 18.3 Å². The van der Waals surface area contributed by atoms with Gasteiger partial charge in [-0.25, -0.2) is 0 Å². The molecule has 27 heavy (non-hydrogen) atoms. The Balaban J connectivity index is 1.61. The fraction of sp³-hybridized carbons (Fsp3) is 0.579. The minimum absolute atomic E-state index is 0.261. The molecule has 0 saturated carbocycles. The SMILES string of the molecule is COCC(O)CN1CCC(Nc2cccc3c2ccn3CC(F)(F)F)CC1. The second-order valence-electron chi connectivity index (χ2n) is 7.13. The predicted molar refractivity (Wildman–Crippen MR) is 99.0 cm³/mol. The molecule has 1 saturated heterocycles. The molecule has 3 rings (SSSR count). The Morgan fingerprint density at radius 3 is 2.67 bits per heavy atom. The van der Waals surface area contributed by atoms with Crippen molar-refractivity contribution in [3.8, 4) is 0 Å².